The van der Waals surface area contributed by atoms with Crippen LogP contribution in [0.2, 0.25) is 0 Å². The number of urea groups is 1. The van der Waals surface area contributed by atoms with Crippen LogP contribution in [0.15, 0.2) is 42.5 Å². The highest BCUT2D eigenvalue weighted by molar-refractivity contribution is 6.01. The number of rotatable bonds is 3. The molecule has 0 aromatic heterocycles. The number of hydrogen-bond donors (Lipinski definition) is 2. The molecule has 21 heavy (non-hydrogen) atoms. The zero-order valence-electron chi connectivity index (χ0n) is 12.5. The summed E-state index contributed by atoms with van der Waals surface area (Å²) in [4.78, 5) is 12.2. The third kappa shape index (κ3) is 3.14. The molecule has 0 bridgehead atoms. The van der Waals surface area contributed by atoms with Crippen molar-refractivity contribution in [2.45, 2.75) is 26.3 Å². The van der Waals surface area contributed by atoms with Gasteiger partial charge >= 0.3 is 6.03 Å². The Labute approximate surface area is 124 Å². The summed E-state index contributed by atoms with van der Waals surface area (Å²) in [5.41, 5.74) is -0.163. The lowest BCUT2D eigenvalue weighted by molar-refractivity contribution is 0.238. The molecular weight excluding hydrogens is 262 g/mol. The molecule has 2 amide bonds. The van der Waals surface area contributed by atoms with Gasteiger partial charge in [-0.15, -0.1) is 0 Å². The average molecular weight is 281 g/mol. The largest absolute Gasteiger partial charge is 0.320 e. The van der Waals surface area contributed by atoms with E-state index in [0.717, 1.165) is 16.5 Å². The summed E-state index contributed by atoms with van der Waals surface area (Å²) in [6.45, 7) is 5.53. The lowest BCUT2D eigenvalue weighted by atomic mass is 9.90. The van der Waals surface area contributed by atoms with Gasteiger partial charge in [-0.1, -0.05) is 50.2 Å². The quantitative estimate of drug-likeness (QED) is 0.896. The van der Waals surface area contributed by atoms with Gasteiger partial charge in [0.2, 0.25) is 0 Å². The van der Waals surface area contributed by atoms with Crippen LogP contribution < -0.4 is 10.6 Å². The molecule has 0 aliphatic carbocycles. The van der Waals surface area contributed by atoms with Gasteiger partial charge in [0.1, 0.15) is 5.54 Å². The van der Waals surface area contributed by atoms with Gasteiger partial charge in [-0.3, -0.25) is 0 Å². The fourth-order valence-corrected chi connectivity index (χ4v) is 2.03. The summed E-state index contributed by atoms with van der Waals surface area (Å²) in [7, 11) is 0. The van der Waals surface area contributed by atoms with Gasteiger partial charge in [0.25, 0.3) is 0 Å². The molecule has 0 fully saturated rings. The molecule has 0 radical (unpaired) electrons. The number of anilines is 1. The van der Waals surface area contributed by atoms with Crippen molar-refractivity contribution in [2.75, 3.05) is 5.32 Å². The number of fused-ring (bicyclic) bond motifs is 1. The van der Waals surface area contributed by atoms with Gasteiger partial charge in [0, 0.05) is 5.39 Å². The van der Waals surface area contributed by atoms with Crippen molar-refractivity contribution < 1.29 is 4.79 Å². The minimum absolute atomic E-state index is 0.0146. The number of nitrogens with one attached hydrogen (secondary N) is 2. The summed E-state index contributed by atoms with van der Waals surface area (Å²) >= 11 is 0. The van der Waals surface area contributed by atoms with E-state index in [1.807, 2.05) is 56.3 Å². The molecule has 1 unspecified atom stereocenters. The Balaban J connectivity index is 2.21. The van der Waals surface area contributed by atoms with Gasteiger partial charge < -0.3 is 10.6 Å². The van der Waals surface area contributed by atoms with Crippen molar-refractivity contribution in [2.24, 2.45) is 5.92 Å². The minimum atomic E-state index is -0.894. The zero-order valence-corrected chi connectivity index (χ0v) is 12.5. The second kappa shape index (κ2) is 5.84. The summed E-state index contributed by atoms with van der Waals surface area (Å²) in [5.74, 6) is 0.0146. The van der Waals surface area contributed by atoms with Crippen LogP contribution in [-0.2, 0) is 0 Å². The third-order valence-electron chi connectivity index (χ3n) is 3.80. The van der Waals surface area contributed by atoms with Crippen molar-refractivity contribution in [3.05, 3.63) is 42.5 Å². The Kier molecular flexibility index (Phi) is 4.13. The van der Waals surface area contributed by atoms with Crippen molar-refractivity contribution in [3.63, 3.8) is 0 Å². The monoisotopic (exact) mass is 281 g/mol. The van der Waals surface area contributed by atoms with Crippen LogP contribution in [0.4, 0.5) is 10.5 Å². The summed E-state index contributed by atoms with van der Waals surface area (Å²) in [6.07, 6.45) is 0. The molecule has 1 atom stereocenters. The molecule has 4 heteroatoms. The molecule has 0 saturated heterocycles. The number of carbonyl (C=O) groups excluding carboxylic acids is 1. The molecular formula is C17H19N3O. The molecule has 108 valence electrons. The maximum Gasteiger partial charge on any atom is 0.320 e. The zero-order chi connectivity index (χ0) is 15.5. The normalized spacial score (nSPS) is 13.5. The molecule has 0 aliphatic heterocycles. The highest BCUT2D eigenvalue weighted by Gasteiger charge is 2.30. The fraction of sp³-hybridized carbons (Fsp3) is 0.294. The van der Waals surface area contributed by atoms with Crippen LogP contribution in [0.1, 0.15) is 20.8 Å². The number of benzene rings is 2. The van der Waals surface area contributed by atoms with Gasteiger partial charge in [0.05, 0.1) is 11.8 Å². The van der Waals surface area contributed by atoms with E-state index < -0.39 is 5.54 Å². The molecule has 4 nitrogen and oxygen atoms in total. The smallest absolute Gasteiger partial charge is 0.319 e. The molecule has 0 saturated carbocycles. The van der Waals surface area contributed by atoms with Crippen LogP contribution in [0.5, 0.6) is 0 Å². The first-order valence-corrected chi connectivity index (χ1v) is 6.94. The second-order valence-corrected chi connectivity index (χ2v) is 5.57. The van der Waals surface area contributed by atoms with E-state index in [2.05, 4.69) is 16.7 Å². The molecule has 2 aromatic carbocycles. The molecule has 0 heterocycles. The number of carbonyl (C=O) groups is 1. The Morgan fingerprint density at radius 1 is 1.19 bits per heavy atom. The van der Waals surface area contributed by atoms with Gasteiger partial charge in [-0.05, 0) is 24.3 Å². The standard InChI is InChI=1S/C17H19N3O/c1-12(2)17(3,11-18)20-16(21)19-15-10-6-8-13-7-4-5-9-14(13)15/h4-10,12H,1-3H3,(H2,19,20,21). The van der Waals surface area contributed by atoms with E-state index in [1.54, 1.807) is 6.92 Å². The molecule has 0 spiro atoms. The van der Waals surface area contributed by atoms with Crippen LogP contribution >= 0.6 is 0 Å². The van der Waals surface area contributed by atoms with E-state index in [0.29, 0.717) is 0 Å². The summed E-state index contributed by atoms with van der Waals surface area (Å²) in [6, 6.07) is 15.4. The van der Waals surface area contributed by atoms with E-state index in [4.69, 9.17) is 0 Å². The molecule has 0 aliphatic rings. The van der Waals surface area contributed by atoms with Gasteiger partial charge in [-0.2, -0.15) is 5.26 Å². The van der Waals surface area contributed by atoms with Crippen molar-refractivity contribution >= 4 is 22.5 Å². The Morgan fingerprint density at radius 2 is 1.86 bits per heavy atom. The SMILES string of the molecule is CC(C)C(C)(C#N)NC(=O)Nc1cccc2ccccc12. The number of amides is 2. The van der Waals surface area contributed by atoms with Crippen molar-refractivity contribution in [1.82, 2.24) is 5.32 Å². The first-order valence-electron chi connectivity index (χ1n) is 6.94. The van der Waals surface area contributed by atoms with E-state index >= 15 is 0 Å². The highest BCUT2D eigenvalue weighted by atomic mass is 16.2. The van der Waals surface area contributed by atoms with E-state index in [9.17, 15) is 10.1 Å². The summed E-state index contributed by atoms with van der Waals surface area (Å²) < 4.78 is 0. The fourth-order valence-electron chi connectivity index (χ4n) is 2.03. The predicted octanol–water partition coefficient (Wildman–Crippen LogP) is 3.90. The molecule has 2 aromatic rings. The topological polar surface area (TPSA) is 64.9 Å². The van der Waals surface area contributed by atoms with Crippen LogP contribution in [0.25, 0.3) is 10.8 Å². The highest BCUT2D eigenvalue weighted by Crippen LogP contribution is 2.23. The third-order valence-corrected chi connectivity index (χ3v) is 3.80. The van der Waals surface area contributed by atoms with Crippen LogP contribution in [0.3, 0.4) is 0 Å². The van der Waals surface area contributed by atoms with Gasteiger partial charge in [-0.25, -0.2) is 4.79 Å². The molecule has 2 rings (SSSR count). The van der Waals surface area contributed by atoms with Crippen molar-refractivity contribution in [3.8, 4) is 6.07 Å². The Bertz CT molecular complexity index is 697. The van der Waals surface area contributed by atoms with Crippen molar-refractivity contribution in [1.29, 1.82) is 5.26 Å². The first kappa shape index (κ1) is 14.9. The number of hydrogen-bond acceptors (Lipinski definition) is 2. The lowest BCUT2D eigenvalue weighted by Gasteiger charge is -2.27. The Morgan fingerprint density at radius 3 is 2.52 bits per heavy atom. The maximum atomic E-state index is 12.2. The summed E-state index contributed by atoms with van der Waals surface area (Å²) in [5, 5.41) is 16.9. The first-order chi connectivity index (χ1) is 9.96. The number of nitriles is 1. The second-order valence-electron chi connectivity index (χ2n) is 5.57. The minimum Gasteiger partial charge on any atom is -0.319 e. The predicted molar refractivity (Wildman–Crippen MR) is 85.0 cm³/mol. The maximum absolute atomic E-state index is 12.2. The number of nitrogens with zero attached hydrogens (tertiary/aromatic N) is 1. The van der Waals surface area contributed by atoms with E-state index in [-0.39, 0.29) is 11.9 Å². The lowest BCUT2D eigenvalue weighted by Crippen LogP contribution is -2.50. The average Bonchev–Trinajstić information content (AvgIpc) is 2.47. The van der Waals surface area contributed by atoms with E-state index in [1.165, 1.54) is 0 Å². The van der Waals surface area contributed by atoms with Crippen LogP contribution in [0, 0.1) is 17.2 Å². The molecule has 2 N–H and O–H groups in total. The van der Waals surface area contributed by atoms with Crippen LogP contribution in [-0.4, -0.2) is 11.6 Å². The Hall–Kier alpha value is -2.54. The van der Waals surface area contributed by atoms with Gasteiger partial charge in [0.15, 0.2) is 0 Å².